The molecule has 1 fully saturated rings. The number of hydrogen-bond acceptors (Lipinski definition) is 4. The first-order valence-electron chi connectivity index (χ1n) is 5.71. The molecule has 0 unspecified atom stereocenters. The van der Waals surface area contributed by atoms with Gasteiger partial charge >= 0.3 is 0 Å². The van der Waals surface area contributed by atoms with Crippen molar-refractivity contribution in [1.82, 2.24) is 0 Å². The fourth-order valence-electron chi connectivity index (χ4n) is 2.37. The molecule has 1 aromatic rings. The number of nitrogens with zero attached hydrogens (tertiary/aromatic N) is 3. The molecule has 2 amide bonds. The number of hydrogen-bond donors (Lipinski definition) is 0. The Labute approximate surface area is 122 Å². The number of halogens is 2. The van der Waals surface area contributed by atoms with Crippen molar-refractivity contribution in [2.45, 2.75) is 23.9 Å². The van der Waals surface area contributed by atoms with Crippen LogP contribution in [0.1, 0.15) is 12.8 Å². The monoisotopic (exact) mass is 341 g/mol. The molecule has 0 bridgehead atoms. The molecule has 0 N–H and O–H groups in total. The molecule has 1 saturated heterocycles. The smallest absolute Gasteiger partial charge is 0.264 e. The summed E-state index contributed by atoms with van der Waals surface area (Å²) in [5, 5.41) is 7.73. The molecule has 0 aromatic heterocycles. The van der Waals surface area contributed by atoms with E-state index in [-0.39, 0.29) is 24.7 Å². The van der Waals surface area contributed by atoms with Gasteiger partial charge in [0.25, 0.3) is 5.91 Å². The van der Waals surface area contributed by atoms with Crippen molar-refractivity contribution in [2.75, 3.05) is 4.90 Å². The first kappa shape index (κ1) is 12.7. The summed E-state index contributed by atoms with van der Waals surface area (Å²) in [6.45, 7) is 0. The Balaban J connectivity index is 1.99. The zero-order valence-corrected chi connectivity index (χ0v) is 12.1. The van der Waals surface area contributed by atoms with Crippen LogP contribution in [0.2, 0.25) is 0 Å². The molecule has 2 aliphatic heterocycles. The van der Waals surface area contributed by atoms with Gasteiger partial charge in [0.2, 0.25) is 5.91 Å². The van der Waals surface area contributed by atoms with E-state index in [1.165, 1.54) is 4.90 Å². The van der Waals surface area contributed by atoms with Crippen molar-refractivity contribution in [3.05, 3.63) is 28.7 Å². The standard InChI is InChI=1S/C12H9BrClN3O2/c13-7-2-1-3-8(4-7)17-10(18)6-12(11(17)19)5-9(14)15-16-12/h1-4,9H,5-6H2/t9-,12+/m0/s1. The van der Waals surface area contributed by atoms with E-state index in [4.69, 9.17) is 11.6 Å². The van der Waals surface area contributed by atoms with Gasteiger partial charge in [0.05, 0.1) is 12.1 Å². The van der Waals surface area contributed by atoms with Crippen LogP contribution in [0.15, 0.2) is 39.0 Å². The topological polar surface area (TPSA) is 62.1 Å². The molecule has 5 nitrogen and oxygen atoms in total. The molecule has 3 rings (SSSR count). The van der Waals surface area contributed by atoms with Crippen LogP contribution in [0.3, 0.4) is 0 Å². The van der Waals surface area contributed by atoms with Crippen LogP contribution in [-0.2, 0) is 9.59 Å². The summed E-state index contributed by atoms with van der Waals surface area (Å²) in [4.78, 5) is 25.7. The minimum Gasteiger partial charge on any atom is -0.274 e. The average Bonchev–Trinajstić information content (AvgIpc) is 2.82. The normalized spacial score (nSPS) is 29.8. The van der Waals surface area contributed by atoms with Crippen LogP contribution in [0.25, 0.3) is 0 Å². The molecule has 0 radical (unpaired) electrons. The number of imide groups is 1. The van der Waals surface area contributed by atoms with E-state index in [1.807, 2.05) is 6.07 Å². The lowest BCUT2D eigenvalue weighted by Gasteiger charge is -2.18. The Bertz CT molecular complexity index is 606. The largest absolute Gasteiger partial charge is 0.274 e. The fourth-order valence-corrected chi connectivity index (χ4v) is 3.06. The highest BCUT2D eigenvalue weighted by molar-refractivity contribution is 9.10. The van der Waals surface area contributed by atoms with Gasteiger partial charge in [-0.3, -0.25) is 9.59 Å². The van der Waals surface area contributed by atoms with E-state index >= 15 is 0 Å². The van der Waals surface area contributed by atoms with E-state index in [0.717, 1.165) is 4.47 Å². The first-order chi connectivity index (χ1) is 9.02. The van der Waals surface area contributed by atoms with Crippen LogP contribution < -0.4 is 4.90 Å². The van der Waals surface area contributed by atoms with Gasteiger partial charge in [-0.25, -0.2) is 4.90 Å². The number of anilines is 1. The fraction of sp³-hybridized carbons (Fsp3) is 0.333. The van der Waals surface area contributed by atoms with E-state index < -0.39 is 11.0 Å². The molecule has 98 valence electrons. The van der Waals surface area contributed by atoms with Crippen molar-refractivity contribution in [3.8, 4) is 0 Å². The van der Waals surface area contributed by atoms with Gasteiger partial charge in [-0.1, -0.05) is 33.6 Å². The Hall–Kier alpha value is -1.27. The van der Waals surface area contributed by atoms with E-state index in [0.29, 0.717) is 5.69 Å². The zero-order valence-electron chi connectivity index (χ0n) is 9.72. The van der Waals surface area contributed by atoms with Crippen molar-refractivity contribution >= 4 is 45.0 Å². The van der Waals surface area contributed by atoms with Gasteiger partial charge in [-0.2, -0.15) is 10.2 Å². The van der Waals surface area contributed by atoms with Gasteiger partial charge in [0.15, 0.2) is 5.54 Å². The Morgan fingerprint density at radius 1 is 1.42 bits per heavy atom. The summed E-state index contributed by atoms with van der Waals surface area (Å²) in [6.07, 6.45) is 0.314. The van der Waals surface area contributed by atoms with Crippen molar-refractivity contribution in [2.24, 2.45) is 10.2 Å². The summed E-state index contributed by atoms with van der Waals surface area (Å²) in [5.74, 6) is -0.615. The first-order valence-corrected chi connectivity index (χ1v) is 6.94. The molecule has 19 heavy (non-hydrogen) atoms. The molecule has 0 aliphatic carbocycles. The number of alkyl halides is 1. The van der Waals surface area contributed by atoms with Crippen LogP contribution in [0.5, 0.6) is 0 Å². The lowest BCUT2D eigenvalue weighted by Crippen LogP contribution is -2.38. The average molecular weight is 343 g/mol. The summed E-state index contributed by atoms with van der Waals surface area (Å²) in [6, 6.07) is 7.03. The van der Waals surface area contributed by atoms with Gasteiger partial charge < -0.3 is 0 Å². The van der Waals surface area contributed by atoms with E-state index in [1.54, 1.807) is 18.2 Å². The summed E-state index contributed by atoms with van der Waals surface area (Å²) in [5.41, 5.74) is -1.08. The Morgan fingerprint density at radius 2 is 2.21 bits per heavy atom. The van der Waals surface area contributed by atoms with E-state index in [9.17, 15) is 9.59 Å². The minimum absolute atomic E-state index is 0.0328. The zero-order chi connectivity index (χ0) is 13.6. The number of carbonyl (C=O) groups is 2. The van der Waals surface area contributed by atoms with Gasteiger partial charge in [-0.05, 0) is 18.2 Å². The molecule has 2 heterocycles. The molecule has 2 aliphatic rings. The maximum absolute atomic E-state index is 12.5. The number of benzene rings is 1. The van der Waals surface area contributed by atoms with E-state index in [2.05, 4.69) is 26.2 Å². The highest BCUT2D eigenvalue weighted by Crippen LogP contribution is 2.41. The SMILES string of the molecule is O=C1C[C@]2(C[C@@H](Cl)N=N2)C(=O)N1c1cccc(Br)c1. The maximum Gasteiger partial charge on any atom is 0.264 e. The third-order valence-electron chi connectivity index (χ3n) is 3.24. The second-order valence-corrected chi connectivity index (χ2v) is 6.00. The second-order valence-electron chi connectivity index (χ2n) is 4.58. The quantitative estimate of drug-likeness (QED) is 0.447. The van der Waals surface area contributed by atoms with Crippen molar-refractivity contribution in [1.29, 1.82) is 0 Å². The van der Waals surface area contributed by atoms with Crippen LogP contribution in [-0.4, -0.2) is 22.9 Å². The molecular weight excluding hydrogens is 334 g/mol. The summed E-state index contributed by atoms with van der Waals surface area (Å²) < 4.78 is 0.801. The van der Waals surface area contributed by atoms with Crippen molar-refractivity contribution < 1.29 is 9.59 Å². The lowest BCUT2D eigenvalue weighted by molar-refractivity contribution is -0.122. The van der Waals surface area contributed by atoms with Crippen LogP contribution >= 0.6 is 27.5 Å². The molecule has 7 heteroatoms. The lowest BCUT2D eigenvalue weighted by atomic mass is 9.95. The summed E-state index contributed by atoms with van der Waals surface area (Å²) in [7, 11) is 0. The molecule has 1 spiro atoms. The van der Waals surface area contributed by atoms with Crippen LogP contribution in [0, 0.1) is 0 Å². The third-order valence-corrected chi connectivity index (χ3v) is 3.98. The Kier molecular flexibility index (Phi) is 2.94. The number of amides is 2. The molecular formula is C12H9BrClN3O2. The highest BCUT2D eigenvalue weighted by Gasteiger charge is 2.56. The molecule has 2 atom stereocenters. The second kappa shape index (κ2) is 4.38. The van der Waals surface area contributed by atoms with Gasteiger partial charge in [-0.15, -0.1) is 0 Å². The van der Waals surface area contributed by atoms with Gasteiger partial charge in [0.1, 0.15) is 5.50 Å². The predicted molar refractivity (Wildman–Crippen MR) is 73.1 cm³/mol. The predicted octanol–water partition coefficient (Wildman–Crippen LogP) is 2.87. The third kappa shape index (κ3) is 1.99. The van der Waals surface area contributed by atoms with Crippen LogP contribution in [0.4, 0.5) is 5.69 Å². The molecule has 1 aromatic carbocycles. The molecule has 0 saturated carbocycles. The van der Waals surface area contributed by atoms with Crippen molar-refractivity contribution in [3.63, 3.8) is 0 Å². The Morgan fingerprint density at radius 3 is 2.84 bits per heavy atom. The number of azo groups is 1. The maximum atomic E-state index is 12.5. The van der Waals surface area contributed by atoms with Gasteiger partial charge in [0, 0.05) is 10.9 Å². The number of carbonyl (C=O) groups excluding carboxylic acids is 2. The summed E-state index contributed by atoms with van der Waals surface area (Å²) >= 11 is 9.19. The highest BCUT2D eigenvalue weighted by atomic mass is 79.9. The minimum atomic E-state index is -1.09. The number of rotatable bonds is 1.